The van der Waals surface area contributed by atoms with E-state index in [1.165, 1.54) is 17.3 Å². The van der Waals surface area contributed by atoms with Gasteiger partial charge in [-0.05, 0) is 56.0 Å². The molecule has 0 spiro atoms. The zero-order valence-corrected chi connectivity index (χ0v) is 18.3. The van der Waals surface area contributed by atoms with E-state index >= 15 is 0 Å². The van der Waals surface area contributed by atoms with E-state index in [9.17, 15) is 9.90 Å². The van der Waals surface area contributed by atoms with E-state index < -0.39 is 6.10 Å². The standard InChI is InChI=1S/C23H28N2O3S/c1-5-12-25-22(27)19-8-6-7-9-20(19)24-23(25)29-14-18(26)13-28-21-16(3)11-10-15(2)17(21)4/h6-11,18,26H,5,12-14H2,1-4H3/t18-/m0/s1. The molecule has 1 N–H and O–H groups in total. The number of aryl methyl sites for hydroxylation is 2. The third-order valence-electron chi connectivity index (χ3n) is 4.97. The van der Waals surface area contributed by atoms with Crippen molar-refractivity contribution in [3.8, 4) is 5.75 Å². The van der Waals surface area contributed by atoms with Crippen molar-refractivity contribution in [3.05, 3.63) is 63.4 Å². The van der Waals surface area contributed by atoms with Gasteiger partial charge in [0.15, 0.2) is 5.16 Å². The van der Waals surface area contributed by atoms with Gasteiger partial charge in [0.2, 0.25) is 0 Å². The average Bonchev–Trinajstić information content (AvgIpc) is 2.71. The normalized spacial score (nSPS) is 12.3. The number of nitrogens with zero attached hydrogens (tertiary/aromatic N) is 2. The maximum Gasteiger partial charge on any atom is 0.262 e. The van der Waals surface area contributed by atoms with Crippen molar-refractivity contribution >= 4 is 22.7 Å². The zero-order chi connectivity index (χ0) is 21.0. The molecule has 0 aliphatic heterocycles. The highest BCUT2D eigenvalue weighted by molar-refractivity contribution is 7.99. The number of benzene rings is 2. The Morgan fingerprint density at radius 2 is 1.86 bits per heavy atom. The highest BCUT2D eigenvalue weighted by Gasteiger charge is 2.15. The SMILES string of the molecule is CCCn1c(SC[C@@H](O)COc2c(C)ccc(C)c2C)nc2ccccc2c1=O. The largest absolute Gasteiger partial charge is 0.490 e. The van der Waals surface area contributed by atoms with Crippen LogP contribution in [0, 0.1) is 20.8 Å². The summed E-state index contributed by atoms with van der Waals surface area (Å²) in [5, 5.41) is 11.7. The predicted octanol–water partition coefficient (Wildman–Crippen LogP) is 4.26. The lowest BCUT2D eigenvalue weighted by atomic mass is 10.1. The maximum absolute atomic E-state index is 12.8. The summed E-state index contributed by atoms with van der Waals surface area (Å²) in [6.45, 7) is 8.92. The number of hydrogen-bond donors (Lipinski definition) is 1. The highest BCUT2D eigenvalue weighted by atomic mass is 32.2. The molecule has 1 aromatic heterocycles. The molecule has 0 aliphatic rings. The molecule has 0 fully saturated rings. The maximum atomic E-state index is 12.8. The van der Waals surface area contributed by atoms with Gasteiger partial charge in [0.25, 0.3) is 5.56 Å². The fourth-order valence-corrected chi connectivity index (χ4v) is 4.16. The van der Waals surface area contributed by atoms with Crippen LogP contribution < -0.4 is 10.3 Å². The Balaban J connectivity index is 1.72. The molecule has 0 saturated heterocycles. The molecule has 2 aromatic carbocycles. The monoisotopic (exact) mass is 412 g/mol. The number of hydrogen-bond acceptors (Lipinski definition) is 5. The Labute approximate surface area is 175 Å². The van der Waals surface area contributed by atoms with Gasteiger partial charge >= 0.3 is 0 Å². The summed E-state index contributed by atoms with van der Waals surface area (Å²) in [5.41, 5.74) is 3.97. The molecule has 154 valence electrons. The number of para-hydroxylation sites is 1. The Morgan fingerprint density at radius 1 is 1.14 bits per heavy atom. The van der Waals surface area contributed by atoms with E-state index in [0.717, 1.165) is 23.3 Å². The van der Waals surface area contributed by atoms with Crippen molar-refractivity contribution in [1.82, 2.24) is 9.55 Å². The van der Waals surface area contributed by atoms with Gasteiger partial charge in [-0.3, -0.25) is 9.36 Å². The first kappa shape index (κ1) is 21.4. The summed E-state index contributed by atoms with van der Waals surface area (Å²) in [6, 6.07) is 11.5. The quantitative estimate of drug-likeness (QED) is 0.442. The van der Waals surface area contributed by atoms with Crippen LogP contribution in [0.4, 0.5) is 0 Å². The van der Waals surface area contributed by atoms with Crippen molar-refractivity contribution in [2.75, 3.05) is 12.4 Å². The number of rotatable bonds is 8. The van der Waals surface area contributed by atoms with Gasteiger partial charge in [-0.15, -0.1) is 0 Å². The lowest BCUT2D eigenvalue weighted by molar-refractivity contribution is 0.125. The molecule has 0 aliphatic carbocycles. The van der Waals surface area contributed by atoms with Crippen molar-refractivity contribution in [2.24, 2.45) is 0 Å². The lowest BCUT2D eigenvalue weighted by Crippen LogP contribution is -2.25. The Morgan fingerprint density at radius 3 is 2.62 bits per heavy atom. The second kappa shape index (κ2) is 9.46. The van der Waals surface area contributed by atoms with E-state index in [4.69, 9.17) is 4.74 Å². The van der Waals surface area contributed by atoms with E-state index in [2.05, 4.69) is 11.1 Å². The van der Waals surface area contributed by atoms with Crippen LogP contribution in [0.5, 0.6) is 5.75 Å². The van der Waals surface area contributed by atoms with Gasteiger partial charge in [-0.1, -0.05) is 43.0 Å². The van der Waals surface area contributed by atoms with Gasteiger partial charge in [0.05, 0.1) is 17.0 Å². The highest BCUT2D eigenvalue weighted by Crippen LogP contribution is 2.26. The molecule has 3 rings (SSSR count). The number of aliphatic hydroxyl groups excluding tert-OH is 1. The number of aliphatic hydroxyl groups is 1. The number of thioether (sulfide) groups is 1. The first-order valence-electron chi connectivity index (χ1n) is 9.92. The minimum Gasteiger partial charge on any atom is -0.490 e. The van der Waals surface area contributed by atoms with Gasteiger partial charge in [-0.2, -0.15) is 0 Å². The van der Waals surface area contributed by atoms with E-state index in [-0.39, 0.29) is 12.2 Å². The number of fused-ring (bicyclic) bond motifs is 1. The summed E-state index contributed by atoms with van der Waals surface area (Å²) < 4.78 is 7.62. The second-order valence-electron chi connectivity index (χ2n) is 7.30. The van der Waals surface area contributed by atoms with E-state index in [1.807, 2.05) is 52.0 Å². The molecular formula is C23H28N2O3S. The third-order valence-corrected chi connectivity index (χ3v) is 6.09. The molecule has 0 saturated carbocycles. The first-order valence-corrected chi connectivity index (χ1v) is 10.9. The second-order valence-corrected chi connectivity index (χ2v) is 8.28. The topological polar surface area (TPSA) is 64.3 Å². The van der Waals surface area contributed by atoms with Crippen LogP contribution in [0.15, 0.2) is 46.3 Å². The Bertz CT molecular complexity index is 1060. The molecule has 0 bridgehead atoms. The number of ether oxygens (including phenoxy) is 1. The predicted molar refractivity (Wildman–Crippen MR) is 119 cm³/mol. The van der Waals surface area contributed by atoms with Crippen LogP contribution in [-0.2, 0) is 6.54 Å². The smallest absolute Gasteiger partial charge is 0.262 e. The van der Waals surface area contributed by atoms with Crippen LogP contribution in [0.2, 0.25) is 0 Å². The molecule has 3 aromatic rings. The molecule has 0 radical (unpaired) electrons. The Kier molecular flexibility index (Phi) is 6.98. The fourth-order valence-electron chi connectivity index (χ4n) is 3.22. The van der Waals surface area contributed by atoms with Crippen LogP contribution in [0.1, 0.15) is 30.0 Å². The molecule has 1 heterocycles. The third kappa shape index (κ3) is 4.82. The van der Waals surface area contributed by atoms with Crippen LogP contribution in [-0.4, -0.2) is 33.1 Å². The van der Waals surface area contributed by atoms with Crippen molar-refractivity contribution in [3.63, 3.8) is 0 Å². The van der Waals surface area contributed by atoms with Gasteiger partial charge in [0, 0.05) is 12.3 Å². The van der Waals surface area contributed by atoms with E-state index in [0.29, 0.717) is 28.4 Å². The number of aromatic nitrogens is 2. The molecule has 6 heteroatoms. The summed E-state index contributed by atoms with van der Waals surface area (Å²) >= 11 is 1.39. The minimum absolute atomic E-state index is 0.0308. The fraction of sp³-hybridized carbons (Fsp3) is 0.391. The Hall–Kier alpha value is -2.31. The summed E-state index contributed by atoms with van der Waals surface area (Å²) in [6.07, 6.45) is 0.170. The van der Waals surface area contributed by atoms with Gasteiger partial charge in [0.1, 0.15) is 12.4 Å². The van der Waals surface area contributed by atoms with Crippen LogP contribution in [0.3, 0.4) is 0 Å². The summed E-state index contributed by atoms with van der Waals surface area (Å²) in [4.78, 5) is 17.5. The van der Waals surface area contributed by atoms with Crippen molar-refractivity contribution in [1.29, 1.82) is 0 Å². The average molecular weight is 413 g/mol. The van der Waals surface area contributed by atoms with Gasteiger partial charge in [-0.25, -0.2) is 4.98 Å². The van der Waals surface area contributed by atoms with E-state index in [1.54, 1.807) is 10.6 Å². The van der Waals surface area contributed by atoms with Crippen LogP contribution >= 0.6 is 11.8 Å². The molecular weight excluding hydrogens is 384 g/mol. The van der Waals surface area contributed by atoms with Crippen LogP contribution in [0.25, 0.3) is 10.9 Å². The molecule has 1 atom stereocenters. The summed E-state index contributed by atoms with van der Waals surface area (Å²) in [5.74, 6) is 1.24. The first-order chi connectivity index (χ1) is 13.9. The molecule has 29 heavy (non-hydrogen) atoms. The minimum atomic E-state index is -0.669. The van der Waals surface area contributed by atoms with Crippen molar-refractivity contribution in [2.45, 2.75) is 51.9 Å². The zero-order valence-electron chi connectivity index (χ0n) is 17.4. The molecule has 0 amide bonds. The lowest BCUT2D eigenvalue weighted by Gasteiger charge is -2.17. The van der Waals surface area contributed by atoms with Gasteiger partial charge < -0.3 is 9.84 Å². The van der Waals surface area contributed by atoms with Crippen molar-refractivity contribution < 1.29 is 9.84 Å². The summed E-state index contributed by atoms with van der Waals surface area (Å²) in [7, 11) is 0. The molecule has 0 unspecified atom stereocenters. The molecule has 5 nitrogen and oxygen atoms in total.